The Bertz CT molecular complexity index is 484. The number of nitro benzene ring substituents is 1. The topological polar surface area (TPSA) is 100 Å². The van der Waals surface area contributed by atoms with Gasteiger partial charge in [0, 0.05) is 12.1 Å². The van der Waals surface area contributed by atoms with E-state index < -0.39 is 25.6 Å². The molecule has 0 atom stereocenters. The van der Waals surface area contributed by atoms with Gasteiger partial charge in [-0.3, -0.25) is 10.1 Å². The van der Waals surface area contributed by atoms with E-state index in [4.69, 9.17) is 0 Å². The Morgan fingerprint density at radius 2 is 1.87 bits per heavy atom. The number of aryl methyl sites for hydroxylation is 1. The van der Waals surface area contributed by atoms with Crippen LogP contribution >= 0.6 is 0 Å². The molecular weight excluding hydrogens is 249 g/mol. The van der Waals surface area contributed by atoms with Gasteiger partial charge >= 0.3 is 51.4 Å². The molecule has 6 nitrogen and oxygen atoms in total. The van der Waals surface area contributed by atoms with Crippen molar-refractivity contribution in [1.29, 1.82) is 0 Å². The first-order valence-electron chi connectivity index (χ1n) is 3.53. The molecule has 0 N–H and O–H groups in total. The van der Waals surface area contributed by atoms with E-state index in [0.29, 0.717) is 0 Å². The van der Waals surface area contributed by atoms with Crippen LogP contribution in [0.25, 0.3) is 0 Å². The SMILES string of the molecule is Cc1ccc([N+](=O)[O-])cc1S(=O)(=O)[O-].[K+]. The molecule has 0 heterocycles. The third kappa shape index (κ3) is 3.91. The van der Waals surface area contributed by atoms with Crippen LogP contribution in [-0.2, 0) is 10.1 Å². The Labute approximate surface area is 129 Å². The van der Waals surface area contributed by atoms with Crippen LogP contribution in [0.5, 0.6) is 0 Å². The first-order valence-corrected chi connectivity index (χ1v) is 4.94. The van der Waals surface area contributed by atoms with Gasteiger partial charge in [0.25, 0.3) is 5.69 Å². The van der Waals surface area contributed by atoms with Gasteiger partial charge in [-0.2, -0.15) is 0 Å². The average molecular weight is 255 g/mol. The van der Waals surface area contributed by atoms with Crippen molar-refractivity contribution in [2.45, 2.75) is 11.8 Å². The van der Waals surface area contributed by atoms with E-state index in [-0.39, 0.29) is 56.9 Å². The molecule has 1 aromatic carbocycles. The van der Waals surface area contributed by atoms with Gasteiger partial charge in [-0.05, 0) is 12.5 Å². The van der Waals surface area contributed by atoms with Crippen molar-refractivity contribution in [3.63, 3.8) is 0 Å². The van der Waals surface area contributed by atoms with Gasteiger partial charge in [-0.15, -0.1) is 0 Å². The second kappa shape index (κ2) is 5.48. The number of rotatable bonds is 2. The number of benzene rings is 1. The first-order chi connectivity index (χ1) is 6.32. The van der Waals surface area contributed by atoms with Crippen LogP contribution in [-0.4, -0.2) is 17.9 Å². The minimum Gasteiger partial charge on any atom is -0.744 e. The monoisotopic (exact) mass is 255 g/mol. The average Bonchev–Trinajstić information content (AvgIpc) is 2.02. The van der Waals surface area contributed by atoms with Gasteiger partial charge in [0.2, 0.25) is 0 Å². The Balaban J connectivity index is 0.00000196. The molecule has 0 aliphatic carbocycles. The fourth-order valence-electron chi connectivity index (χ4n) is 0.972. The summed E-state index contributed by atoms with van der Waals surface area (Å²) in [5.74, 6) is 0. The van der Waals surface area contributed by atoms with E-state index in [1.54, 1.807) is 0 Å². The molecule has 1 rings (SSSR count). The largest absolute Gasteiger partial charge is 1.00 e. The van der Waals surface area contributed by atoms with Crippen LogP contribution in [0, 0.1) is 17.0 Å². The van der Waals surface area contributed by atoms with Crippen molar-refractivity contribution in [2.24, 2.45) is 0 Å². The second-order valence-electron chi connectivity index (χ2n) is 2.66. The molecule has 0 fully saturated rings. The van der Waals surface area contributed by atoms with Crippen molar-refractivity contribution >= 4 is 15.8 Å². The standard InChI is InChI=1S/C7H7NO5S.K/c1-5-2-3-6(8(9)10)4-7(5)14(11,12)13;/h2-4H,1H3,(H,11,12,13);/q;+1/p-1. The summed E-state index contributed by atoms with van der Waals surface area (Å²) in [4.78, 5) is 8.99. The summed E-state index contributed by atoms with van der Waals surface area (Å²) in [6.45, 7) is 1.40. The molecule has 0 saturated carbocycles. The molecule has 0 aliphatic rings. The normalized spacial score (nSPS) is 10.5. The summed E-state index contributed by atoms with van der Waals surface area (Å²) in [7, 11) is -4.64. The Kier molecular flexibility index (Phi) is 5.54. The van der Waals surface area contributed by atoms with E-state index in [0.717, 1.165) is 12.1 Å². The minimum absolute atomic E-state index is 0. The minimum atomic E-state index is -4.64. The molecular formula is C7H6KNO5S. The molecule has 1 aromatic rings. The number of nitrogens with zero attached hydrogens (tertiary/aromatic N) is 1. The molecule has 0 spiro atoms. The zero-order valence-corrected chi connectivity index (χ0v) is 12.1. The van der Waals surface area contributed by atoms with Crippen molar-refractivity contribution in [3.05, 3.63) is 33.9 Å². The molecule has 15 heavy (non-hydrogen) atoms. The van der Waals surface area contributed by atoms with Gasteiger partial charge in [0.05, 0.1) is 9.82 Å². The number of hydrogen-bond donors (Lipinski definition) is 0. The maximum Gasteiger partial charge on any atom is 1.00 e. The maximum absolute atomic E-state index is 10.7. The zero-order valence-electron chi connectivity index (χ0n) is 8.13. The summed E-state index contributed by atoms with van der Waals surface area (Å²) < 4.78 is 32.0. The molecule has 0 bridgehead atoms. The van der Waals surface area contributed by atoms with Crippen molar-refractivity contribution in [1.82, 2.24) is 0 Å². The quantitative estimate of drug-likeness (QED) is 0.259. The molecule has 0 saturated heterocycles. The molecule has 76 valence electrons. The fourth-order valence-corrected chi connectivity index (χ4v) is 1.70. The van der Waals surface area contributed by atoms with Crippen LogP contribution in [0.15, 0.2) is 23.1 Å². The van der Waals surface area contributed by atoms with Gasteiger partial charge in [0.15, 0.2) is 0 Å². The summed E-state index contributed by atoms with van der Waals surface area (Å²) >= 11 is 0. The Morgan fingerprint density at radius 3 is 2.27 bits per heavy atom. The third-order valence-electron chi connectivity index (χ3n) is 1.65. The van der Waals surface area contributed by atoms with Gasteiger partial charge in [-0.1, -0.05) is 6.07 Å². The van der Waals surface area contributed by atoms with Crippen molar-refractivity contribution in [3.8, 4) is 0 Å². The maximum atomic E-state index is 10.7. The predicted molar refractivity (Wildman–Crippen MR) is 45.8 cm³/mol. The smallest absolute Gasteiger partial charge is 0.744 e. The summed E-state index contributed by atoms with van der Waals surface area (Å²) in [5, 5.41) is 10.3. The Morgan fingerprint density at radius 1 is 1.33 bits per heavy atom. The van der Waals surface area contributed by atoms with E-state index in [2.05, 4.69) is 0 Å². The summed E-state index contributed by atoms with van der Waals surface area (Å²) in [6.07, 6.45) is 0. The zero-order chi connectivity index (χ0) is 10.9. The van der Waals surface area contributed by atoms with Crippen LogP contribution in [0.1, 0.15) is 5.56 Å². The van der Waals surface area contributed by atoms with E-state index in [1.165, 1.54) is 13.0 Å². The van der Waals surface area contributed by atoms with Gasteiger partial charge < -0.3 is 4.55 Å². The third-order valence-corrected chi connectivity index (χ3v) is 2.63. The van der Waals surface area contributed by atoms with Crippen LogP contribution in [0.3, 0.4) is 0 Å². The molecule has 0 aromatic heterocycles. The van der Waals surface area contributed by atoms with Gasteiger partial charge in [0.1, 0.15) is 10.1 Å². The molecule has 8 heteroatoms. The summed E-state index contributed by atoms with van der Waals surface area (Å²) in [5.41, 5.74) is -0.212. The van der Waals surface area contributed by atoms with Gasteiger partial charge in [-0.25, -0.2) is 8.42 Å². The van der Waals surface area contributed by atoms with E-state index in [9.17, 15) is 23.1 Å². The summed E-state index contributed by atoms with van der Waals surface area (Å²) in [6, 6.07) is 3.13. The van der Waals surface area contributed by atoms with E-state index >= 15 is 0 Å². The second-order valence-corrected chi connectivity index (χ2v) is 4.01. The van der Waals surface area contributed by atoms with Crippen molar-refractivity contribution < 1.29 is 69.3 Å². The van der Waals surface area contributed by atoms with Crippen LogP contribution in [0.4, 0.5) is 5.69 Å². The Hall–Kier alpha value is 0.166. The molecule has 0 amide bonds. The number of hydrogen-bond acceptors (Lipinski definition) is 5. The molecule has 0 radical (unpaired) electrons. The molecule has 0 unspecified atom stereocenters. The predicted octanol–water partition coefficient (Wildman–Crippen LogP) is -2.19. The number of nitro groups is 1. The van der Waals surface area contributed by atoms with Crippen molar-refractivity contribution in [2.75, 3.05) is 0 Å². The number of non-ortho nitro benzene ring substituents is 1. The first kappa shape index (κ1) is 15.2. The fraction of sp³-hybridized carbons (Fsp3) is 0.143. The van der Waals surface area contributed by atoms with E-state index in [1.807, 2.05) is 0 Å². The van der Waals surface area contributed by atoms with Crippen LogP contribution < -0.4 is 51.4 Å². The molecule has 0 aliphatic heterocycles. The van der Waals surface area contributed by atoms with Crippen LogP contribution in [0.2, 0.25) is 0 Å².